The highest BCUT2D eigenvalue weighted by Gasteiger charge is 2.49. The molecule has 0 spiro atoms. The molecular weight excluding hydrogens is 458 g/mol. The Kier molecular flexibility index (Phi) is 5.79. The molecule has 35 heavy (non-hydrogen) atoms. The normalized spacial score (nSPS) is 14.2. The first-order valence-corrected chi connectivity index (χ1v) is 11.0. The van der Waals surface area contributed by atoms with Crippen molar-refractivity contribution >= 4 is 17.4 Å². The van der Waals surface area contributed by atoms with E-state index in [9.17, 15) is 9.18 Å². The Morgan fingerprint density at radius 3 is 2.80 bits per heavy atom. The van der Waals surface area contributed by atoms with E-state index in [1.807, 2.05) is 0 Å². The van der Waals surface area contributed by atoms with Crippen LogP contribution in [0.3, 0.4) is 0 Å². The molecule has 1 aliphatic rings. The van der Waals surface area contributed by atoms with E-state index >= 15 is 4.39 Å². The number of alkyl halides is 1. The third-order valence-corrected chi connectivity index (χ3v) is 6.14. The topological polar surface area (TPSA) is 125 Å². The standard InChI is InChI=1S/C23H22F2N8O2/c1-13-14(4-6-17(34)20-31-21(32-35-20)23(11-24)7-8-23)3-5-16(18(13)25)19-26-12-27-22(30-19)29-15-9-28-33(2)10-15/h3,5,9-10,12H,4,6-8,11H2,1-2H3,(H,26,27,29,30). The van der Waals surface area contributed by atoms with Gasteiger partial charge in [-0.3, -0.25) is 9.48 Å². The number of carbonyl (C=O) groups is 1. The number of nitrogens with one attached hydrogen (secondary N) is 1. The minimum absolute atomic E-state index is 0.0504. The van der Waals surface area contributed by atoms with Crippen molar-refractivity contribution in [2.24, 2.45) is 7.05 Å². The van der Waals surface area contributed by atoms with Crippen molar-refractivity contribution < 1.29 is 18.1 Å². The molecule has 10 nitrogen and oxygen atoms in total. The van der Waals surface area contributed by atoms with E-state index in [1.54, 1.807) is 43.2 Å². The summed E-state index contributed by atoms with van der Waals surface area (Å²) in [5.74, 6) is -0.319. The SMILES string of the molecule is Cc1c(CCC(=O)c2nc(C3(CF)CC3)no2)ccc(-c2ncnc(Nc3cnn(C)c3)n2)c1F. The second kappa shape index (κ2) is 8.93. The number of halogens is 2. The Labute approximate surface area is 198 Å². The van der Waals surface area contributed by atoms with Crippen LogP contribution in [-0.4, -0.2) is 47.3 Å². The zero-order chi connectivity index (χ0) is 24.6. The Balaban J connectivity index is 1.28. The summed E-state index contributed by atoms with van der Waals surface area (Å²) in [5.41, 5.74) is 1.26. The number of aryl methyl sites for hydroxylation is 2. The van der Waals surface area contributed by atoms with Crippen LogP contribution in [0.5, 0.6) is 0 Å². The van der Waals surface area contributed by atoms with Crippen LogP contribution in [0.25, 0.3) is 11.4 Å². The smallest absolute Gasteiger partial charge is 0.294 e. The quantitative estimate of drug-likeness (QED) is 0.357. The lowest BCUT2D eigenvalue weighted by Gasteiger charge is -2.10. The third kappa shape index (κ3) is 4.51. The summed E-state index contributed by atoms with van der Waals surface area (Å²) in [6.07, 6.45) is 6.28. The molecule has 4 aromatic rings. The molecule has 0 aliphatic heterocycles. The van der Waals surface area contributed by atoms with Crippen LogP contribution in [0.4, 0.5) is 20.4 Å². The van der Waals surface area contributed by atoms with E-state index in [-0.39, 0.29) is 47.7 Å². The molecule has 1 fully saturated rings. The van der Waals surface area contributed by atoms with E-state index in [1.165, 1.54) is 6.33 Å². The molecule has 12 heteroatoms. The van der Waals surface area contributed by atoms with Gasteiger partial charge >= 0.3 is 0 Å². The number of anilines is 2. The van der Waals surface area contributed by atoms with Crippen molar-refractivity contribution in [3.63, 3.8) is 0 Å². The first-order chi connectivity index (χ1) is 16.9. The van der Waals surface area contributed by atoms with Crippen LogP contribution in [0, 0.1) is 12.7 Å². The number of hydrogen-bond donors (Lipinski definition) is 1. The molecule has 1 aromatic carbocycles. The molecule has 0 radical (unpaired) electrons. The molecule has 180 valence electrons. The van der Waals surface area contributed by atoms with Crippen LogP contribution in [0.15, 0.2) is 35.4 Å². The van der Waals surface area contributed by atoms with Gasteiger partial charge in [-0.15, -0.1) is 0 Å². The van der Waals surface area contributed by atoms with E-state index in [2.05, 4.69) is 35.5 Å². The number of benzene rings is 1. The van der Waals surface area contributed by atoms with Crippen LogP contribution < -0.4 is 5.32 Å². The van der Waals surface area contributed by atoms with E-state index in [0.717, 1.165) is 0 Å². The fourth-order valence-corrected chi connectivity index (χ4v) is 3.74. The van der Waals surface area contributed by atoms with Gasteiger partial charge in [-0.1, -0.05) is 11.2 Å². The first-order valence-electron chi connectivity index (χ1n) is 11.0. The fraction of sp³-hybridized carbons (Fsp3) is 0.348. The molecule has 1 saturated carbocycles. The molecule has 1 N–H and O–H groups in total. The number of hydrogen-bond acceptors (Lipinski definition) is 9. The van der Waals surface area contributed by atoms with Gasteiger partial charge in [0.15, 0.2) is 11.6 Å². The van der Waals surface area contributed by atoms with Gasteiger partial charge in [0.25, 0.3) is 5.89 Å². The summed E-state index contributed by atoms with van der Waals surface area (Å²) in [4.78, 5) is 29.1. The van der Waals surface area contributed by atoms with E-state index in [4.69, 9.17) is 4.52 Å². The number of carbonyl (C=O) groups excluding carboxylic acids is 1. The fourth-order valence-electron chi connectivity index (χ4n) is 3.74. The molecule has 0 atom stereocenters. The molecule has 0 amide bonds. The molecule has 0 saturated heterocycles. The molecule has 3 heterocycles. The Morgan fingerprint density at radius 1 is 1.26 bits per heavy atom. The van der Waals surface area contributed by atoms with Gasteiger partial charge in [-0.05, 0) is 43.4 Å². The molecule has 3 aromatic heterocycles. The maximum Gasteiger partial charge on any atom is 0.294 e. The van der Waals surface area contributed by atoms with E-state index < -0.39 is 17.9 Å². The average molecular weight is 480 g/mol. The summed E-state index contributed by atoms with van der Waals surface area (Å²) in [6, 6.07) is 3.31. The van der Waals surface area contributed by atoms with Crippen LogP contribution in [0.2, 0.25) is 0 Å². The Hall–Kier alpha value is -4.09. The minimum atomic E-state index is -0.694. The summed E-state index contributed by atoms with van der Waals surface area (Å²) >= 11 is 0. The summed E-state index contributed by atoms with van der Waals surface area (Å²) in [7, 11) is 1.78. The highest BCUT2D eigenvalue weighted by Crippen LogP contribution is 2.47. The zero-order valence-corrected chi connectivity index (χ0v) is 19.1. The molecule has 0 bridgehead atoms. The van der Waals surface area contributed by atoms with Gasteiger partial charge in [-0.25, -0.2) is 18.7 Å². The monoisotopic (exact) mass is 480 g/mol. The molecule has 1 aliphatic carbocycles. The Bertz CT molecular complexity index is 1400. The van der Waals surface area contributed by atoms with Crippen molar-refractivity contribution in [2.45, 2.75) is 38.0 Å². The van der Waals surface area contributed by atoms with Crippen LogP contribution >= 0.6 is 0 Å². The zero-order valence-electron chi connectivity index (χ0n) is 19.1. The van der Waals surface area contributed by atoms with Gasteiger partial charge in [0.05, 0.1) is 22.9 Å². The van der Waals surface area contributed by atoms with Crippen molar-refractivity contribution in [1.82, 2.24) is 34.9 Å². The van der Waals surface area contributed by atoms with Crippen LogP contribution in [0.1, 0.15) is 46.9 Å². The highest BCUT2D eigenvalue weighted by atomic mass is 19.1. The second-order valence-corrected chi connectivity index (χ2v) is 8.63. The number of aromatic nitrogens is 7. The second-order valence-electron chi connectivity index (χ2n) is 8.63. The van der Waals surface area contributed by atoms with Crippen LogP contribution in [-0.2, 0) is 18.9 Å². The predicted molar refractivity (Wildman–Crippen MR) is 120 cm³/mol. The Morgan fingerprint density at radius 2 is 2.09 bits per heavy atom. The molecular formula is C23H22F2N8O2. The van der Waals surface area contributed by atoms with Gasteiger partial charge in [-0.2, -0.15) is 15.1 Å². The number of rotatable bonds is 9. The number of nitrogens with zero attached hydrogens (tertiary/aromatic N) is 7. The number of ketones is 1. The maximum atomic E-state index is 15.2. The summed E-state index contributed by atoms with van der Waals surface area (Å²) in [6.45, 7) is 1.06. The third-order valence-electron chi connectivity index (χ3n) is 6.14. The summed E-state index contributed by atoms with van der Waals surface area (Å²) < 4.78 is 35.1. The van der Waals surface area contributed by atoms with Crippen molar-refractivity contribution in [1.29, 1.82) is 0 Å². The summed E-state index contributed by atoms with van der Waals surface area (Å²) in [5, 5.41) is 10.8. The average Bonchev–Trinajstić information content (AvgIpc) is 3.29. The lowest BCUT2D eigenvalue weighted by atomic mass is 9.99. The maximum absolute atomic E-state index is 15.2. The number of Topliss-reactive ketones (excluding diaryl/α,β-unsaturated/α-hetero) is 1. The van der Waals surface area contributed by atoms with Crippen molar-refractivity contribution in [3.05, 3.63) is 59.5 Å². The first kappa shape index (κ1) is 22.7. The van der Waals surface area contributed by atoms with Gasteiger partial charge in [0.1, 0.15) is 18.8 Å². The highest BCUT2D eigenvalue weighted by molar-refractivity contribution is 5.91. The minimum Gasteiger partial charge on any atom is -0.331 e. The largest absolute Gasteiger partial charge is 0.331 e. The van der Waals surface area contributed by atoms with Gasteiger partial charge < -0.3 is 9.84 Å². The van der Waals surface area contributed by atoms with Gasteiger partial charge in [0, 0.05) is 19.7 Å². The van der Waals surface area contributed by atoms with Crippen molar-refractivity contribution in [2.75, 3.05) is 12.0 Å². The predicted octanol–water partition coefficient (Wildman–Crippen LogP) is 3.66. The lowest BCUT2D eigenvalue weighted by Crippen LogP contribution is -2.11. The molecule has 5 rings (SSSR count). The lowest BCUT2D eigenvalue weighted by molar-refractivity contribution is 0.0940. The molecule has 0 unspecified atom stereocenters. The van der Waals surface area contributed by atoms with E-state index in [0.29, 0.717) is 29.7 Å². The van der Waals surface area contributed by atoms with Gasteiger partial charge in [0.2, 0.25) is 11.7 Å². The van der Waals surface area contributed by atoms with Crippen molar-refractivity contribution in [3.8, 4) is 11.4 Å².